The molecule has 2 aromatic carbocycles. The van der Waals surface area contributed by atoms with Gasteiger partial charge in [0.15, 0.2) is 11.5 Å². The van der Waals surface area contributed by atoms with Crippen LogP contribution in [0.1, 0.15) is 31.1 Å². The number of aliphatic hydroxyl groups is 1. The van der Waals surface area contributed by atoms with E-state index in [4.69, 9.17) is 21.1 Å². The van der Waals surface area contributed by atoms with E-state index in [0.717, 1.165) is 11.1 Å². The Morgan fingerprint density at radius 3 is 2.50 bits per heavy atom. The van der Waals surface area contributed by atoms with Gasteiger partial charge in [-0.05, 0) is 25.5 Å². The second-order valence-electron chi connectivity index (χ2n) is 5.82. The van der Waals surface area contributed by atoms with Crippen molar-refractivity contribution in [3.8, 4) is 11.5 Å². The van der Waals surface area contributed by atoms with E-state index in [1.54, 1.807) is 13.2 Å². The highest BCUT2D eigenvalue weighted by Crippen LogP contribution is 2.35. The molecule has 0 aliphatic heterocycles. The number of methoxy groups -OCH3 is 1. The van der Waals surface area contributed by atoms with Crippen LogP contribution in [0.2, 0.25) is 5.02 Å². The third-order valence-corrected chi connectivity index (χ3v) is 3.73. The van der Waals surface area contributed by atoms with Gasteiger partial charge in [-0.2, -0.15) is 0 Å². The highest BCUT2D eigenvalue weighted by Gasteiger charge is 2.15. The fraction of sp³-hybridized carbons (Fsp3) is 0.368. The summed E-state index contributed by atoms with van der Waals surface area (Å²) in [5.74, 6) is 1.29. The van der Waals surface area contributed by atoms with Crippen LogP contribution in [0.25, 0.3) is 0 Å². The molecular weight excluding hydrogens is 326 g/mol. The molecule has 4 nitrogen and oxygen atoms in total. The number of aliphatic hydroxyl groups excluding tert-OH is 1. The average Bonchev–Trinajstić information content (AvgIpc) is 2.57. The van der Waals surface area contributed by atoms with Gasteiger partial charge in [0.1, 0.15) is 0 Å². The van der Waals surface area contributed by atoms with Crippen molar-refractivity contribution in [3.63, 3.8) is 0 Å². The van der Waals surface area contributed by atoms with E-state index in [2.05, 4.69) is 5.32 Å². The summed E-state index contributed by atoms with van der Waals surface area (Å²) in [6.45, 7) is 4.87. The molecule has 0 saturated carbocycles. The second kappa shape index (κ2) is 8.92. The normalized spacial score (nSPS) is 12.2. The molecule has 0 spiro atoms. The summed E-state index contributed by atoms with van der Waals surface area (Å²) < 4.78 is 11.3. The molecule has 24 heavy (non-hydrogen) atoms. The Bertz CT molecular complexity index is 647. The van der Waals surface area contributed by atoms with E-state index in [1.165, 1.54) is 0 Å². The molecule has 0 aromatic heterocycles. The molecule has 0 bridgehead atoms. The lowest BCUT2D eigenvalue weighted by atomic mass is 10.1. The van der Waals surface area contributed by atoms with E-state index in [0.29, 0.717) is 29.6 Å². The predicted octanol–water partition coefficient (Wildman–Crippen LogP) is 3.96. The molecule has 0 amide bonds. The van der Waals surface area contributed by atoms with Gasteiger partial charge < -0.3 is 19.9 Å². The first kappa shape index (κ1) is 18.6. The van der Waals surface area contributed by atoms with Crippen molar-refractivity contribution in [2.24, 2.45) is 0 Å². The number of benzene rings is 2. The average molecular weight is 350 g/mol. The summed E-state index contributed by atoms with van der Waals surface area (Å²) in [5.41, 5.74) is 1.78. The molecule has 0 radical (unpaired) electrons. The minimum atomic E-state index is -0.568. The highest BCUT2D eigenvalue weighted by molar-refractivity contribution is 6.30. The van der Waals surface area contributed by atoms with Gasteiger partial charge in [0.2, 0.25) is 0 Å². The first-order valence-corrected chi connectivity index (χ1v) is 8.36. The quantitative estimate of drug-likeness (QED) is 0.757. The second-order valence-corrected chi connectivity index (χ2v) is 6.26. The molecule has 1 atom stereocenters. The highest BCUT2D eigenvalue weighted by atomic mass is 35.5. The summed E-state index contributed by atoms with van der Waals surface area (Å²) in [7, 11) is 1.59. The van der Waals surface area contributed by atoms with Crippen LogP contribution in [0.3, 0.4) is 0 Å². The number of nitrogens with one attached hydrogen (secondary N) is 1. The molecule has 0 aliphatic rings. The van der Waals surface area contributed by atoms with Crippen molar-refractivity contribution in [1.29, 1.82) is 0 Å². The topological polar surface area (TPSA) is 50.7 Å². The van der Waals surface area contributed by atoms with Gasteiger partial charge in [0, 0.05) is 29.7 Å². The largest absolute Gasteiger partial charge is 0.493 e. The van der Waals surface area contributed by atoms with Crippen molar-refractivity contribution >= 4 is 11.6 Å². The van der Waals surface area contributed by atoms with Gasteiger partial charge >= 0.3 is 0 Å². The van der Waals surface area contributed by atoms with Gasteiger partial charge in [-0.25, -0.2) is 0 Å². The Hall–Kier alpha value is -1.75. The number of halogens is 1. The molecule has 130 valence electrons. The minimum Gasteiger partial charge on any atom is -0.493 e. The SMILES string of the molecule is COc1cc(Cl)cc(CNC[C@@H](O)c2ccccc2)c1OC(C)C. The van der Waals surface area contributed by atoms with E-state index >= 15 is 0 Å². The van der Waals surface area contributed by atoms with Crippen molar-refractivity contribution < 1.29 is 14.6 Å². The van der Waals surface area contributed by atoms with Crippen molar-refractivity contribution in [2.75, 3.05) is 13.7 Å². The van der Waals surface area contributed by atoms with Crippen LogP contribution in [-0.4, -0.2) is 24.9 Å². The number of rotatable bonds is 8. The third-order valence-electron chi connectivity index (χ3n) is 3.51. The van der Waals surface area contributed by atoms with Gasteiger partial charge in [-0.15, -0.1) is 0 Å². The van der Waals surface area contributed by atoms with Gasteiger partial charge in [0.25, 0.3) is 0 Å². The fourth-order valence-electron chi connectivity index (χ4n) is 2.41. The van der Waals surface area contributed by atoms with E-state index in [-0.39, 0.29) is 6.10 Å². The van der Waals surface area contributed by atoms with Crippen molar-refractivity contribution in [2.45, 2.75) is 32.6 Å². The van der Waals surface area contributed by atoms with Crippen molar-refractivity contribution in [1.82, 2.24) is 5.32 Å². The maximum atomic E-state index is 10.2. The third kappa shape index (κ3) is 5.13. The predicted molar refractivity (Wildman–Crippen MR) is 96.9 cm³/mol. The Kier molecular flexibility index (Phi) is 6.91. The molecule has 0 fully saturated rings. The lowest BCUT2D eigenvalue weighted by molar-refractivity contribution is 0.173. The molecule has 0 saturated heterocycles. The summed E-state index contributed by atoms with van der Waals surface area (Å²) >= 11 is 6.16. The van der Waals surface area contributed by atoms with Crippen LogP contribution >= 0.6 is 11.6 Å². The van der Waals surface area contributed by atoms with Gasteiger partial charge in [-0.3, -0.25) is 0 Å². The lowest BCUT2D eigenvalue weighted by Gasteiger charge is -2.19. The van der Waals surface area contributed by atoms with Crippen LogP contribution in [0.5, 0.6) is 11.5 Å². The number of ether oxygens (including phenoxy) is 2. The zero-order chi connectivity index (χ0) is 17.5. The van der Waals surface area contributed by atoms with Crippen molar-refractivity contribution in [3.05, 3.63) is 58.6 Å². The molecular formula is C19H24ClNO3. The Morgan fingerprint density at radius 1 is 1.17 bits per heavy atom. The maximum Gasteiger partial charge on any atom is 0.166 e. The fourth-order valence-corrected chi connectivity index (χ4v) is 2.64. The Morgan fingerprint density at radius 2 is 1.88 bits per heavy atom. The summed E-state index contributed by atoms with van der Waals surface area (Å²) in [5, 5.41) is 14.1. The summed E-state index contributed by atoms with van der Waals surface area (Å²) in [6, 6.07) is 13.1. The van der Waals surface area contributed by atoms with Gasteiger partial charge in [-0.1, -0.05) is 41.9 Å². The molecule has 0 aliphatic carbocycles. The monoisotopic (exact) mass is 349 g/mol. The van der Waals surface area contributed by atoms with Crippen LogP contribution in [0.4, 0.5) is 0 Å². The molecule has 2 rings (SSSR count). The number of hydrogen-bond acceptors (Lipinski definition) is 4. The van der Waals surface area contributed by atoms with Crippen LogP contribution in [0, 0.1) is 0 Å². The van der Waals surface area contributed by atoms with Crippen LogP contribution < -0.4 is 14.8 Å². The van der Waals surface area contributed by atoms with Crippen LogP contribution in [0.15, 0.2) is 42.5 Å². The zero-order valence-electron chi connectivity index (χ0n) is 14.3. The van der Waals surface area contributed by atoms with E-state index in [9.17, 15) is 5.11 Å². The number of hydrogen-bond donors (Lipinski definition) is 2. The summed E-state index contributed by atoms with van der Waals surface area (Å²) in [4.78, 5) is 0. The lowest BCUT2D eigenvalue weighted by Crippen LogP contribution is -2.22. The Balaban J connectivity index is 2.07. The zero-order valence-corrected chi connectivity index (χ0v) is 15.0. The Labute approximate surface area is 148 Å². The van der Waals surface area contributed by atoms with E-state index < -0.39 is 6.10 Å². The summed E-state index contributed by atoms with van der Waals surface area (Å²) in [6.07, 6.45) is -0.546. The maximum absolute atomic E-state index is 10.2. The first-order chi connectivity index (χ1) is 11.5. The van der Waals surface area contributed by atoms with Crippen LogP contribution in [-0.2, 0) is 6.54 Å². The van der Waals surface area contributed by atoms with Gasteiger partial charge in [0.05, 0.1) is 19.3 Å². The van der Waals surface area contributed by atoms with E-state index in [1.807, 2.05) is 50.2 Å². The smallest absolute Gasteiger partial charge is 0.166 e. The first-order valence-electron chi connectivity index (χ1n) is 7.98. The molecule has 2 aromatic rings. The molecule has 2 N–H and O–H groups in total. The standard InChI is InChI=1S/C19H24ClNO3/c1-13(2)24-19-15(9-16(20)10-18(19)23-3)11-21-12-17(22)14-7-5-4-6-8-14/h4-10,13,17,21-22H,11-12H2,1-3H3/t17-/m1/s1. The molecule has 0 unspecified atom stereocenters. The molecule has 5 heteroatoms. The minimum absolute atomic E-state index is 0.0220. The molecule has 0 heterocycles.